The van der Waals surface area contributed by atoms with E-state index in [1.165, 1.54) is 16.9 Å². The smallest absolute Gasteiger partial charge is 0.257 e. The van der Waals surface area contributed by atoms with E-state index in [4.69, 9.17) is 9.47 Å². The second kappa shape index (κ2) is 8.68. The lowest BCUT2D eigenvalue weighted by Crippen LogP contribution is -2.35. The lowest BCUT2D eigenvalue weighted by molar-refractivity contribution is 0.0342. The number of anilines is 1. The molecule has 1 aliphatic heterocycles. The van der Waals surface area contributed by atoms with Gasteiger partial charge in [-0.05, 0) is 42.8 Å². The van der Waals surface area contributed by atoms with Gasteiger partial charge in [0.15, 0.2) is 5.13 Å². The summed E-state index contributed by atoms with van der Waals surface area (Å²) in [5.74, 6) is 0.501. The van der Waals surface area contributed by atoms with Crippen LogP contribution in [0.25, 0.3) is 10.2 Å². The Morgan fingerprint density at radius 1 is 1.25 bits per heavy atom. The minimum absolute atomic E-state index is 0.186. The van der Waals surface area contributed by atoms with Crippen LogP contribution in [0.4, 0.5) is 5.13 Å². The number of hydrogen-bond acceptors (Lipinski definition) is 6. The fourth-order valence-corrected chi connectivity index (χ4v) is 4.13. The molecule has 28 heavy (non-hydrogen) atoms. The van der Waals surface area contributed by atoms with Gasteiger partial charge in [-0.1, -0.05) is 23.5 Å². The van der Waals surface area contributed by atoms with Crippen LogP contribution in [-0.4, -0.2) is 48.7 Å². The van der Waals surface area contributed by atoms with Crippen molar-refractivity contribution in [1.29, 1.82) is 0 Å². The van der Waals surface area contributed by atoms with Crippen molar-refractivity contribution in [3.05, 3.63) is 53.6 Å². The fourth-order valence-electron chi connectivity index (χ4n) is 3.20. The van der Waals surface area contributed by atoms with Gasteiger partial charge in [0.2, 0.25) is 0 Å². The van der Waals surface area contributed by atoms with Crippen LogP contribution in [0.3, 0.4) is 0 Å². The first-order chi connectivity index (χ1) is 13.7. The molecule has 1 saturated heterocycles. The molecule has 7 heteroatoms. The number of morpholine rings is 1. The van der Waals surface area contributed by atoms with Crippen molar-refractivity contribution < 1.29 is 14.3 Å². The number of thiazole rings is 1. The van der Waals surface area contributed by atoms with Crippen molar-refractivity contribution in [3.63, 3.8) is 0 Å². The Bertz CT molecular complexity index is 966. The van der Waals surface area contributed by atoms with Crippen molar-refractivity contribution in [3.8, 4) is 5.75 Å². The summed E-state index contributed by atoms with van der Waals surface area (Å²) >= 11 is 1.49. The normalized spacial score (nSPS) is 14.9. The van der Waals surface area contributed by atoms with Gasteiger partial charge in [-0.2, -0.15) is 0 Å². The summed E-state index contributed by atoms with van der Waals surface area (Å²) < 4.78 is 11.9. The third-order valence-electron chi connectivity index (χ3n) is 4.59. The fraction of sp³-hybridized carbons (Fsp3) is 0.333. The van der Waals surface area contributed by atoms with Crippen molar-refractivity contribution >= 4 is 32.6 Å². The third kappa shape index (κ3) is 4.49. The topological polar surface area (TPSA) is 63.7 Å². The number of nitrogens with zero attached hydrogens (tertiary/aromatic N) is 2. The lowest BCUT2D eigenvalue weighted by atomic mass is 10.2. The maximum Gasteiger partial charge on any atom is 0.257 e. The lowest BCUT2D eigenvalue weighted by Gasteiger charge is -2.26. The van der Waals surface area contributed by atoms with Crippen molar-refractivity contribution in [2.45, 2.75) is 13.5 Å². The van der Waals surface area contributed by atoms with Gasteiger partial charge in [-0.25, -0.2) is 4.98 Å². The average molecular weight is 398 g/mol. The zero-order valence-electron chi connectivity index (χ0n) is 15.8. The van der Waals surface area contributed by atoms with Gasteiger partial charge in [-0.3, -0.25) is 15.0 Å². The molecule has 146 valence electrons. The highest BCUT2D eigenvalue weighted by molar-refractivity contribution is 7.22. The van der Waals surface area contributed by atoms with E-state index < -0.39 is 0 Å². The molecule has 1 aromatic heterocycles. The largest absolute Gasteiger partial charge is 0.494 e. The van der Waals surface area contributed by atoms with Crippen LogP contribution in [0.15, 0.2) is 42.5 Å². The second-order valence-corrected chi connectivity index (χ2v) is 7.66. The Morgan fingerprint density at radius 3 is 2.93 bits per heavy atom. The Morgan fingerprint density at radius 2 is 2.11 bits per heavy atom. The van der Waals surface area contributed by atoms with Gasteiger partial charge in [0, 0.05) is 25.2 Å². The number of hydrogen-bond donors (Lipinski definition) is 1. The molecule has 0 radical (unpaired) electrons. The van der Waals surface area contributed by atoms with E-state index in [0.717, 1.165) is 43.1 Å². The van der Waals surface area contributed by atoms with Crippen LogP contribution in [0.5, 0.6) is 5.75 Å². The maximum atomic E-state index is 12.6. The third-order valence-corrected chi connectivity index (χ3v) is 5.52. The molecule has 1 aliphatic rings. The predicted molar refractivity (Wildman–Crippen MR) is 111 cm³/mol. The minimum Gasteiger partial charge on any atom is -0.494 e. The van der Waals surface area contributed by atoms with E-state index in [1.54, 1.807) is 12.1 Å². The van der Waals surface area contributed by atoms with E-state index in [0.29, 0.717) is 23.1 Å². The Balaban J connectivity index is 1.46. The molecule has 0 saturated carbocycles. The Labute approximate surface area is 168 Å². The number of carbonyl (C=O) groups excluding carboxylic acids is 1. The molecule has 0 atom stereocenters. The molecule has 1 N–H and O–H groups in total. The summed E-state index contributed by atoms with van der Waals surface area (Å²) in [5, 5.41) is 3.51. The molecule has 0 bridgehead atoms. The summed E-state index contributed by atoms with van der Waals surface area (Å²) in [5.41, 5.74) is 2.70. The first-order valence-corrected chi connectivity index (χ1v) is 10.3. The average Bonchev–Trinajstić information content (AvgIpc) is 3.11. The summed E-state index contributed by atoms with van der Waals surface area (Å²) in [6, 6.07) is 13.5. The molecule has 0 unspecified atom stereocenters. The van der Waals surface area contributed by atoms with Gasteiger partial charge in [-0.15, -0.1) is 0 Å². The molecule has 6 nitrogen and oxygen atoms in total. The van der Waals surface area contributed by atoms with E-state index in [2.05, 4.69) is 27.3 Å². The first kappa shape index (κ1) is 18.9. The first-order valence-electron chi connectivity index (χ1n) is 9.45. The summed E-state index contributed by atoms with van der Waals surface area (Å²) in [4.78, 5) is 19.5. The van der Waals surface area contributed by atoms with E-state index in [9.17, 15) is 4.79 Å². The van der Waals surface area contributed by atoms with E-state index in [-0.39, 0.29) is 5.91 Å². The van der Waals surface area contributed by atoms with Gasteiger partial charge in [0.25, 0.3) is 5.91 Å². The van der Waals surface area contributed by atoms with Gasteiger partial charge in [0.05, 0.1) is 30.0 Å². The highest BCUT2D eigenvalue weighted by Gasteiger charge is 2.13. The number of amides is 1. The van der Waals surface area contributed by atoms with Crippen molar-refractivity contribution in [2.75, 3.05) is 38.2 Å². The summed E-state index contributed by atoms with van der Waals surface area (Å²) in [6.45, 7) is 6.90. The zero-order valence-corrected chi connectivity index (χ0v) is 16.6. The van der Waals surface area contributed by atoms with E-state index in [1.807, 2.05) is 25.1 Å². The number of nitrogens with one attached hydrogen (secondary N) is 1. The van der Waals surface area contributed by atoms with Crippen molar-refractivity contribution in [1.82, 2.24) is 9.88 Å². The Kier molecular flexibility index (Phi) is 5.85. The number of fused-ring (bicyclic) bond motifs is 1. The van der Waals surface area contributed by atoms with Gasteiger partial charge >= 0.3 is 0 Å². The minimum atomic E-state index is -0.186. The quantitative estimate of drug-likeness (QED) is 0.686. The van der Waals surface area contributed by atoms with Gasteiger partial charge in [0.1, 0.15) is 5.75 Å². The predicted octanol–water partition coefficient (Wildman–Crippen LogP) is 3.78. The van der Waals surface area contributed by atoms with Gasteiger partial charge < -0.3 is 9.47 Å². The second-order valence-electron chi connectivity index (χ2n) is 6.62. The molecule has 1 fully saturated rings. The number of carbonyl (C=O) groups is 1. The summed E-state index contributed by atoms with van der Waals surface area (Å²) in [6.07, 6.45) is 0. The molecular weight excluding hydrogens is 374 g/mol. The number of benzene rings is 2. The summed E-state index contributed by atoms with van der Waals surface area (Å²) in [7, 11) is 0. The van der Waals surface area contributed by atoms with Crippen LogP contribution in [0, 0.1) is 0 Å². The highest BCUT2D eigenvalue weighted by atomic mass is 32.1. The zero-order chi connectivity index (χ0) is 19.3. The molecule has 1 amide bonds. The van der Waals surface area contributed by atoms with Crippen LogP contribution >= 0.6 is 11.3 Å². The number of ether oxygens (including phenoxy) is 2. The molecule has 2 heterocycles. The SMILES string of the molecule is CCOc1cccc(C(=O)Nc2nc3ccc(CN4CCOCC4)cc3s2)c1. The van der Waals surface area contributed by atoms with Crippen LogP contribution < -0.4 is 10.1 Å². The van der Waals surface area contributed by atoms with Crippen molar-refractivity contribution in [2.24, 2.45) is 0 Å². The highest BCUT2D eigenvalue weighted by Crippen LogP contribution is 2.28. The Hall–Kier alpha value is -2.48. The number of rotatable bonds is 6. The molecular formula is C21H23N3O3S. The standard InChI is InChI=1S/C21H23N3O3S/c1-2-27-17-5-3-4-16(13-17)20(25)23-21-22-18-7-6-15(12-19(18)28-21)14-24-8-10-26-11-9-24/h3-7,12-13H,2,8-11,14H2,1H3,(H,22,23,25). The molecule has 0 aliphatic carbocycles. The number of aromatic nitrogens is 1. The molecule has 0 spiro atoms. The van der Waals surface area contributed by atoms with Crippen LogP contribution in [0.1, 0.15) is 22.8 Å². The molecule has 3 aromatic rings. The van der Waals surface area contributed by atoms with Crippen LogP contribution in [0.2, 0.25) is 0 Å². The molecule has 2 aromatic carbocycles. The molecule has 4 rings (SSSR count). The van der Waals surface area contributed by atoms with E-state index >= 15 is 0 Å². The van der Waals surface area contributed by atoms with Crippen LogP contribution in [-0.2, 0) is 11.3 Å². The monoisotopic (exact) mass is 397 g/mol. The maximum absolute atomic E-state index is 12.6.